The SMILES string of the molecule is O=C(C(c1ccccc1)c1ccccc1)N1CCN(Cc2cc(=O)n3ccsc3n2)CC1. The minimum absolute atomic E-state index is 0.0476. The Morgan fingerprint density at radius 2 is 1.56 bits per heavy atom. The fraction of sp³-hybridized carbons (Fsp3) is 0.240. The molecule has 0 atom stereocenters. The molecular formula is C25H24N4O2S. The predicted octanol–water partition coefficient (Wildman–Crippen LogP) is 3.23. The molecule has 5 rings (SSSR count). The van der Waals surface area contributed by atoms with Gasteiger partial charge in [0.2, 0.25) is 5.91 Å². The number of aromatic nitrogens is 2. The Bertz CT molecular complexity index is 1220. The molecular weight excluding hydrogens is 420 g/mol. The van der Waals surface area contributed by atoms with Crippen LogP contribution in [0.15, 0.2) is 83.1 Å². The van der Waals surface area contributed by atoms with Crippen LogP contribution in [-0.4, -0.2) is 51.3 Å². The van der Waals surface area contributed by atoms with E-state index in [1.165, 1.54) is 11.3 Å². The van der Waals surface area contributed by atoms with Gasteiger partial charge in [0.25, 0.3) is 5.56 Å². The van der Waals surface area contributed by atoms with Crippen molar-refractivity contribution >= 4 is 22.2 Å². The third kappa shape index (κ3) is 4.22. The van der Waals surface area contributed by atoms with Crippen molar-refractivity contribution in [3.63, 3.8) is 0 Å². The predicted molar refractivity (Wildman–Crippen MR) is 126 cm³/mol. The van der Waals surface area contributed by atoms with Gasteiger partial charge >= 0.3 is 0 Å². The summed E-state index contributed by atoms with van der Waals surface area (Å²) in [6.45, 7) is 3.46. The molecule has 0 unspecified atom stereocenters. The van der Waals surface area contributed by atoms with Gasteiger partial charge in [-0.1, -0.05) is 60.7 Å². The molecule has 4 aromatic rings. The molecule has 2 aromatic carbocycles. The maximum absolute atomic E-state index is 13.6. The van der Waals surface area contributed by atoms with Crippen molar-refractivity contribution in [3.8, 4) is 0 Å². The quantitative estimate of drug-likeness (QED) is 0.474. The van der Waals surface area contributed by atoms with E-state index in [1.54, 1.807) is 16.7 Å². The van der Waals surface area contributed by atoms with E-state index in [0.717, 1.165) is 34.9 Å². The lowest BCUT2D eigenvalue weighted by Gasteiger charge is -2.36. The first-order valence-corrected chi connectivity index (χ1v) is 11.6. The van der Waals surface area contributed by atoms with Crippen molar-refractivity contribution in [2.45, 2.75) is 12.5 Å². The average molecular weight is 445 g/mol. The van der Waals surface area contributed by atoms with Crippen LogP contribution in [0, 0.1) is 0 Å². The van der Waals surface area contributed by atoms with E-state index in [0.29, 0.717) is 19.6 Å². The second-order valence-corrected chi connectivity index (χ2v) is 8.87. The zero-order chi connectivity index (χ0) is 21.9. The van der Waals surface area contributed by atoms with Crippen molar-refractivity contribution < 1.29 is 4.79 Å². The van der Waals surface area contributed by atoms with Gasteiger partial charge in [0, 0.05) is 50.4 Å². The molecule has 162 valence electrons. The average Bonchev–Trinajstić information content (AvgIpc) is 3.30. The zero-order valence-electron chi connectivity index (χ0n) is 17.6. The van der Waals surface area contributed by atoms with E-state index in [2.05, 4.69) is 9.88 Å². The van der Waals surface area contributed by atoms with Crippen LogP contribution in [0.2, 0.25) is 0 Å². The van der Waals surface area contributed by atoms with E-state index >= 15 is 0 Å². The number of fused-ring (bicyclic) bond motifs is 1. The standard InChI is InChI=1S/C25H24N4O2S/c30-22-17-21(26-25-29(22)15-16-32-25)18-27-11-13-28(14-12-27)24(31)23(19-7-3-1-4-8-19)20-9-5-2-6-10-20/h1-10,15-17,23H,11-14,18H2. The summed E-state index contributed by atoms with van der Waals surface area (Å²) in [5, 5.41) is 1.87. The molecule has 1 amide bonds. The molecule has 0 spiro atoms. The van der Waals surface area contributed by atoms with Crippen LogP contribution in [0.4, 0.5) is 0 Å². The summed E-state index contributed by atoms with van der Waals surface area (Å²) < 4.78 is 1.57. The van der Waals surface area contributed by atoms with E-state index in [-0.39, 0.29) is 17.4 Å². The number of thiazole rings is 1. The number of carbonyl (C=O) groups is 1. The number of carbonyl (C=O) groups excluding carboxylic acids is 1. The van der Waals surface area contributed by atoms with Gasteiger partial charge in [-0.05, 0) is 11.1 Å². The maximum atomic E-state index is 13.6. The van der Waals surface area contributed by atoms with Gasteiger partial charge in [-0.25, -0.2) is 4.98 Å². The molecule has 7 heteroatoms. The Morgan fingerprint density at radius 1 is 0.938 bits per heavy atom. The highest BCUT2D eigenvalue weighted by atomic mass is 32.1. The zero-order valence-corrected chi connectivity index (χ0v) is 18.4. The second-order valence-electron chi connectivity index (χ2n) is 8.00. The molecule has 1 fully saturated rings. The van der Waals surface area contributed by atoms with Gasteiger partial charge in [0.15, 0.2) is 4.96 Å². The molecule has 0 aliphatic carbocycles. The van der Waals surface area contributed by atoms with Crippen LogP contribution in [0.1, 0.15) is 22.7 Å². The molecule has 1 aliphatic heterocycles. The molecule has 0 N–H and O–H groups in total. The summed E-state index contributed by atoms with van der Waals surface area (Å²) in [6.07, 6.45) is 1.75. The Balaban J connectivity index is 1.29. The highest BCUT2D eigenvalue weighted by Crippen LogP contribution is 2.27. The second kappa shape index (κ2) is 9.06. The van der Waals surface area contributed by atoms with E-state index in [1.807, 2.05) is 70.9 Å². The first kappa shape index (κ1) is 20.6. The number of piperazine rings is 1. The van der Waals surface area contributed by atoms with Gasteiger partial charge in [0.05, 0.1) is 11.6 Å². The van der Waals surface area contributed by atoms with Gasteiger partial charge in [0.1, 0.15) is 0 Å². The number of amides is 1. The molecule has 0 saturated carbocycles. The summed E-state index contributed by atoms with van der Waals surface area (Å²) in [5.74, 6) is -0.162. The summed E-state index contributed by atoms with van der Waals surface area (Å²) in [4.78, 5) is 35.4. The monoisotopic (exact) mass is 444 g/mol. The largest absolute Gasteiger partial charge is 0.339 e. The Hall–Kier alpha value is -3.29. The minimum atomic E-state index is -0.299. The van der Waals surface area contributed by atoms with E-state index in [9.17, 15) is 9.59 Å². The summed E-state index contributed by atoms with van der Waals surface area (Å²) in [6, 6.07) is 21.6. The molecule has 3 heterocycles. The first-order chi connectivity index (χ1) is 15.7. The van der Waals surface area contributed by atoms with Crippen LogP contribution in [0.3, 0.4) is 0 Å². The van der Waals surface area contributed by atoms with Crippen LogP contribution in [0.5, 0.6) is 0 Å². The smallest absolute Gasteiger partial charge is 0.258 e. The van der Waals surface area contributed by atoms with E-state index in [4.69, 9.17) is 0 Å². The highest BCUT2D eigenvalue weighted by Gasteiger charge is 2.29. The number of hydrogen-bond donors (Lipinski definition) is 0. The number of rotatable bonds is 5. The lowest BCUT2D eigenvalue weighted by molar-refractivity contribution is -0.133. The molecule has 6 nitrogen and oxygen atoms in total. The van der Waals surface area contributed by atoms with Crippen molar-refractivity contribution in [2.24, 2.45) is 0 Å². The van der Waals surface area contributed by atoms with Gasteiger partial charge in [-0.3, -0.25) is 18.9 Å². The van der Waals surface area contributed by atoms with Crippen LogP contribution >= 0.6 is 11.3 Å². The lowest BCUT2D eigenvalue weighted by Crippen LogP contribution is -2.49. The van der Waals surface area contributed by atoms with Crippen LogP contribution in [-0.2, 0) is 11.3 Å². The van der Waals surface area contributed by atoms with E-state index < -0.39 is 0 Å². The normalized spacial score (nSPS) is 14.8. The van der Waals surface area contributed by atoms with Gasteiger partial charge < -0.3 is 4.90 Å². The van der Waals surface area contributed by atoms with Crippen LogP contribution < -0.4 is 5.56 Å². The fourth-order valence-corrected chi connectivity index (χ4v) is 5.01. The van der Waals surface area contributed by atoms with Crippen molar-refractivity contribution in [3.05, 3.63) is 105 Å². The van der Waals surface area contributed by atoms with Crippen LogP contribution in [0.25, 0.3) is 4.96 Å². The number of nitrogens with zero attached hydrogens (tertiary/aromatic N) is 4. The Kier molecular flexibility index (Phi) is 5.83. The molecule has 0 radical (unpaired) electrons. The molecule has 32 heavy (non-hydrogen) atoms. The molecule has 0 bridgehead atoms. The minimum Gasteiger partial charge on any atom is -0.339 e. The lowest BCUT2D eigenvalue weighted by atomic mass is 9.90. The highest BCUT2D eigenvalue weighted by molar-refractivity contribution is 7.15. The summed E-state index contributed by atoms with van der Waals surface area (Å²) in [5.41, 5.74) is 2.76. The summed E-state index contributed by atoms with van der Waals surface area (Å²) >= 11 is 1.46. The van der Waals surface area contributed by atoms with Crippen molar-refractivity contribution in [1.82, 2.24) is 19.2 Å². The number of hydrogen-bond acceptors (Lipinski definition) is 5. The third-order valence-corrected chi connectivity index (χ3v) is 6.70. The van der Waals surface area contributed by atoms with Crippen molar-refractivity contribution in [2.75, 3.05) is 26.2 Å². The first-order valence-electron chi connectivity index (χ1n) is 10.8. The van der Waals surface area contributed by atoms with Gasteiger partial charge in [-0.2, -0.15) is 0 Å². The maximum Gasteiger partial charge on any atom is 0.258 e. The Morgan fingerprint density at radius 3 is 2.19 bits per heavy atom. The topological polar surface area (TPSA) is 57.9 Å². The number of benzene rings is 2. The molecule has 2 aromatic heterocycles. The summed E-state index contributed by atoms with van der Waals surface area (Å²) in [7, 11) is 0. The molecule has 1 saturated heterocycles. The fourth-order valence-electron chi connectivity index (χ4n) is 4.28. The van der Waals surface area contributed by atoms with Gasteiger partial charge in [-0.15, -0.1) is 11.3 Å². The third-order valence-electron chi connectivity index (χ3n) is 5.94. The Labute approximate surface area is 190 Å². The van der Waals surface area contributed by atoms with Crippen molar-refractivity contribution in [1.29, 1.82) is 0 Å². The molecule has 1 aliphatic rings.